The van der Waals surface area contributed by atoms with Crippen LogP contribution >= 0.6 is 11.6 Å². The van der Waals surface area contributed by atoms with Gasteiger partial charge in [-0.05, 0) is 66.9 Å². The molecular weight excluding hydrogens is 426 g/mol. The van der Waals surface area contributed by atoms with Crippen LogP contribution in [-0.2, 0) is 0 Å². The summed E-state index contributed by atoms with van der Waals surface area (Å²) in [5, 5.41) is 5.35. The molecule has 0 fully saturated rings. The van der Waals surface area contributed by atoms with Crippen molar-refractivity contribution in [2.75, 3.05) is 14.2 Å². The molecule has 0 saturated heterocycles. The first kappa shape index (κ1) is 21.6. The van der Waals surface area contributed by atoms with Crippen LogP contribution in [0.2, 0.25) is 5.02 Å². The first-order chi connectivity index (χ1) is 15.4. The van der Waals surface area contributed by atoms with Crippen molar-refractivity contribution in [3.8, 4) is 22.9 Å². The van der Waals surface area contributed by atoms with E-state index in [9.17, 15) is 4.79 Å². The van der Waals surface area contributed by atoms with E-state index in [4.69, 9.17) is 26.1 Å². The molecule has 6 nitrogen and oxygen atoms in total. The van der Waals surface area contributed by atoms with Crippen molar-refractivity contribution in [3.05, 3.63) is 86.7 Å². The second-order valence-electron chi connectivity index (χ2n) is 7.37. The van der Waals surface area contributed by atoms with Crippen molar-refractivity contribution in [1.29, 1.82) is 0 Å². The first-order valence-electron chi connectivity index (χ1n) is 9.97. The lowest BCUT2D eigenvalue weighted by Gasteiger charge is -2.12. The van der Waals surface area contributed by atoms with Gasteiger partial charge in [0.1, 0.15) is 0 Å². The van der Waals surface area contributed by atoms with Gasteiger partial charge in [0.15, 0.2) is 17.3 Å². The van der Waals surface area contributed by atoms with Crippen molar-refractivity contribution in [1.82, 2.24) is 9.66 Å². The largest absolute Gasteiger partial charge is 0.493 e. The maximum atomic E-state index is 13.4. The second kappa shape index (κ2) is 8.85. The molecule has 0 amide bonds. The summed E-state index contributed by atoms with van der Waals surface area (Å²) >= 11 is 6.13. The summed E-state index contributed by atoms with van der Waals surface area (Å²) in [6.45, 7) is 4.08. The van der Waals surface area contributed by atoms with E-state index in [0.29, 0.717) is 38.8 Å². The van der Waals surface area contributed by atoms with Crippen LogP contribution in [0, 0.1) is 13.8 Å². The number of benzene rings is 3. The minimum Gasteiger partial charge on any atom is -0.493 e. The number of aromatic nitrogens is 2. The van der Waals surface area contributed by atoms with Crippen LogP contribution in [0.1, 0.15) is 16.7 Å². The van der Waals surface area contributed by atoms with E-state index in [-0.39, 0.29) is 5.56 Å². The fraction of sp³-hybridized carbons (Fsp3) is 0.160. The van der Waals surface area contributed by atoms with Crippen molar-refractivity contribution < 1.29 is 9.47 Å². The van der Waals surface area contributed by atoms with E-state index in [1.54, 1.807) is 50.8 Å². The highest BCUT2D eigenvalue weighted by molar-refractivity contribution is 6.31. The van der Waals surface area contributed by atoms with Gasteiger partial charge in [0.25, 0.3) is 5.56 Å². The highest BCUT2D eigenvalue weighted by Crippen LogP contribution is 2.32. The molecule has 7 heteroatoms. The van der Waals surface area contributed by atoms with Crippen molar-refractivity contribution in [2.45, 2.75) is 13.8 Å². The number of hydrogen-bond donors (Lipinski definition) is 0. The Bertz CT molecular complexity index is 1410. The number of fused-ring (bicyclic) bond motifs is 1. The van der Waals surface area contributed by atoms with Crippen molar-refractivity contribution >= 4 is 28.7 Å². The van der Waals surface area contributed by atoms with Gasteiger partial charge >= 0.3 is 0 Å². The van der Waals surface area contributed by atoms with E-state index >= 15 is 0 Å². The van der Waals surface area contributed by atoms with Crippen LogP contribution < -0.4 is 15.0 Å². The molecule has 162 valence electrons. The molecular formula is C25H22ClN3O3. The zero-order valence-electron chi connectivity index (χ0n) is 18.2. The molecule has 0 aliphatic rings. The van der Waals surface area contributed by atoms with Crippen LogP contribution in [0.4, 0.5) is 0 Å². The average molecular weight is 448 g/mol. The van der Waals surface area contributed by atoms with Crippen LogP contribution in [0.3, 0.4) is 0 Å². The molecule has 4 rings (SSSR count). The van der Waals surface area contributed by atoms with Gasteiger partial charge in [-0.15, -0.1) is 0 Å². The standard InChI is InChI=1S/C25H22ClN3O3/c1-15-5-6-17(11-16(15)2)14-27-29-24(18-7-10-22(31-3)23(12-18)32-4)28-21-9-8-19(26)13-20(21)25(29)30/h5-14H,1-4H3/b27-14+. The molecule has 0 N–H and O–H groups in total. The normalized spacial score (nSPS) is 11.3. The number of rotatable bonds is 5. The molecule has 0 bridgehead atoms. The zero-order valence-corrected chi connectivity index (χ0v) is 19.0. The summed E-state index contributed by atoms with van der Waals surface area (Å²) in [5.74, 6) is 1.49. The quantitative estimate of drug-likeness (QED) is 0.393. The Balaban J connectivity index is 1.95. The third kappa shape index (κ3) is 4.09. The molecule has 0 atom stereocenters. The van der Waals surface area contributed by atoms with Gasteiger partial charge in [-0.25, -0.2) is 4.98 Å². The van der Waals surface area contributed by atoms with Crippen LogP contribution in [0.15, 0.2) is 64.5 Å². The van der Waals surface area contributed by atoms with Gasteiger partial charge in [-0.1, -0.05) is 29.8 Å². The minimum atomic E-state index is -0.317. The fourth-order valence-corrected chi connectivity index (χ4v) is 3.56. The van der Waals surface area contributed by atoms with Gasteiger partial charge in [0.05, 0.1) is 31.3 Å². The third-order valence-corrected chi connectivity index (χ3v) is 5.54. The molecule has 0 aliphatic heterocycles. The number of ether oxygens (including phenoxy) is 2. The predicted molar refractivity (Wildman–Crippen MR) is 128 cm³/mol. The van der Waals surface area contributed by atoms with Crippen molar-refractivity contribution in [2.24, 2.45) is 5.10 Å². The summed E-state index contributed by atoms with van der Waals surface area (Å²) < 4.78 is 12.0. The molecule has 0 unspecified atom stereocenters. The van der Waals surface area contributed by atoms with Crippen LogP contribution in [-0.4, -0.2) is 30.1 Å². The molecule has 0 radical (unpaired) electrons. The Morgan fingerprint density at radius 2 is 1.72 bits per heavy atom. The van der Waals surface area contributed by atoms with Gasteiger partial charge in [0.2, 0.25) is 0 Å². The highest BCUT2D eigenvalue weighted by atomic mass is 35.5. The summed E-state index contributed by atoms with van der Waals surface area (Å²) in [7, 11) is 3.13. The SMILES string of the molecule is COc1ccc(-c2nc3ccc(Cl)cc3c(=O)n2/N=C/c2ccc(C)c(C)c2)cc1OC. The number of nitrogens with zero attached hydrogens (tertiary/aromatic N) is 3. The Hall–Kier alpha value is -3.64. The van der Waals surface area contributed by atoms with Crippen molar-refractivity contribution in [3.63, 3.8) is 0 Å². The molecule has 4 aromatic rings. The molecule has 32 heavy (non-hydrogen) atoms. The Labute approximate surface area is 190 Å². The smallest absolute Gasteiger partial charge is 0.282 e. The lowest BCUT2D eigenvalue weighted by molar-refractivity contribution is 0.355. The summed E-state index contributed by atoms with van der Waals surface area (Å²) in [6, 6.07) is 16.4. The van der Waals surface area contributed by atoms with Crippen LogP contribution in [0.5, 0.6) is 11.5 Å². The first-order valence-corrected chi connectivity index (χ1v) is 10.4. The Morgan fingerprint density at radius 1 is 0.938 bits per heavy atom. The van der Waals surface area contributed by atoms with Gasteiger partial charge in [-0.2, -0.15) is 9.78 Å². The summed E-state index contributed by atoms with van der Waals surface area (Å²) in [4.78, 5) is 18.1. The van der Waals surface area contributed by atoms with Gasteiger partial charge < -0.3 is 9.47 Å². The minimum absolute atomic E-state index is 0.317. The molecule has 3 aromatic carbocycles. The van der Waals surface area contributed by atoms with E-state index in [1.807, 2.05) is 38.1 Å². The molecule has 0 spiro atoms. The second-order valence-corrected chi connectivity index (χ2v) is 7.81. The molecule has 0 aliphatic carbocycles. The van der Waals surface area contributed by atoms with E-state index < -0.39 is 0 Å². The number of hydrogen-bond acceptors (Lipinski definition) is 5. The third-order valence-electron chi connectivity index (χ3n) is 5.30. The average Bonchev–Trinajstić information content (AvgIpc) is 2.80. The van der Waals surface area contributed by atoms with Gasteiger partial charge in [-0.3, -0.25) is 4.79 Å². The predicted octanol–water partition coefficient (Wildman–Crippen LogP) is 5.23. The molecule has 1 aromatic heterocycles. The monoisotopic (exact) mass is 447 g/mol. The molecule has 0 saturated carbocycles. The van der Waals surface area contributed by atoms with Gasteiger partial charge in [0, 0.05) is 10.6 Å². The van der Waals surface area contributed by atoms with E-state index in [2.05, 4.69) is 5.10 Å². The van der Waals surface area contributed by atoms with E-state index in [0.717, 1.165) is 11.1 Å². The fourth-order valence-electron chi connectivity index (χ4n) is 3.39. The number of halogens is 1. The van der Waals surface area contributed by atoms with E-state index in [1.165, 1.54) is 10.2 Å². The summed E-state index contributed by atoms with van der Waals surface area (Å²) in [6.07, 6.45) is 1.65. The lowest BCUT2D eigenvalue weighted by atomic mass is 10.1. The zero-order chi connectivity index (χ0) is 22.8. The topological polar surface area (TPSA) is 65.7 Å². The number of methoxy groups -OCH3 is 2. The Kier molecular flexibility index (Phi) is 5.97. The Morgan fingerprint density at radius 3 is 2.44 bits per heavy atom. The number of aryl methyl sites for hydroxylation is 2. The molecule has 1 heterocycles. The summed E-state index contributed by atoms with van der Waals surface area (Å²) in [5.41, 5.74) is 4.08. The lowest BCUT2D eigenvalue weighted by Crippen LogP contribution is -2.20. The maximum absolute atomic E-state index is 13.4. The maximum Gasteiger partial charge on any atom is 0.282 e. The highest BCUT2D eigenvalue weighted by Gasteiger charge is 2.15. The van der Waals surface area contributed by atoms with Crippen LogP contribution in [0.25, 0.3) is 22.3 Å².